The SMILES string of the molecule is CC.CC(C)(C)c1ncc2sccc2n1. The summed E-state index contributed by atoms with van der Waals surface area (Å²) in [7, 11) is 0. The fourth-order valence-corrected chi connectivity index (χ4v) is 1.82. The van der Waals surface area contributed by atoms with Gasteiger partial charge in [0.15, 0.2) is 0 Å². The third kappa shape index (κ3) is 2.75. The Balaban J connectivity index is 0.000000531. The van der Waals surface area contributed by atoms with Gasteiger partial charge in [-0.25, -0.2) is 9.97 Å². The van der Waals surface area contributed by atoms with Crippen molar-refractivity contribution in [3.05, 3.63) is 23.5 Å². The molecule has 0 radical (unpaired) electrons. The summed E-state index contributed by atoms with van der Waals surface area (Å²) in [6.07, 6.45) is 1.91. The van der Waals surface area contributed by atoms with E-state index in [2.05, 4.69) is 30.7 Å². The number of hydrogen-bond acceptors (Lipinski definition) is 3. The van der Waals surface area contributed by atoms with E-state index < -0.39 is 0 Å². The first-order valence-corrected chi connectivity index (χ1v) is 6.16. The maximum Gasteiger partial charge on any atom is 0.134 e. The van der Waals surface area contributed by atoms with Gasteiger partial charge in [0.05, 0.1) is 10.2 Å². The van der Waals surface area contributed by atoms with Gasteiger partial charge in [-0.3, -0.25) is 0 Å². The first-order valence-electron chi connectivity index (χ1n) is 5.28. The molecule has 0 N–H and O–H groups in total. The Morgan fingerprint density at radius 3 is 2.47 bits per heavy atom. The van der Waals surface area contributed by atoms with Gasteiger partial charge in [-0.1, -0.05) is 34.6 Å². The van der Waals surface area contributed by atoms with Gasteiger partial charge in [0.2, 0.25) is 0 Å². The molecule has 2 aromatic rings. The van der Waals surface area contributed by atoms with Crippen LogP contribution in [0.15, 0.2) is 17.6 Å². The molecule has 0 aliphatic carbocycles. The van der Waals surface area contributed by atoms with Crippen LogP contribution in [0.5, 0.6) is 0 Å². The van der Waals surface area contributed by atoms with Gasteiger partial charge in [-0.05, 0) is 11.4 Å². The van der Waals surface area contributed by atoms with Crippen LogP contribution < -0.4 is 0 Å². The highest BCUT2D eigenvalue weighted by Crippen LogP contribution is 2.22. The standard InChI is InChI=1S/C10H12N2S.C2H6/c1-10(2,3)9-11-6-8-7(12-9)4-5-13-8;1-2/h4-6H,1-3H3;1-2H3. The lowest BCUT2D eigenvalue weighted by atomic mass is 9.96. The van der Waals surface area contributed by atoms with Gasteiger partial charge >= 0.3 is 0 Å². The normalized spacial score (nSPS) is 11.0. The Morgan fingerprint density at radius 1 is 1.20 bits per heavy atom. The Bertz CT molecular complexity index is 426. The zero-order valence-corrected chi connectivity index (χ0v) is 10.9. The van der Waals surface area contributed by atoms with E-state index >= 15 is 0 Å². The molecule has 0 aliphatic rings. The van der Waals surface area contributed by atoms with Crippen molar-refractivity contribution in [1.29, 1.82) is 0 Å². The topological polar surface area (TPSA) is 25.8 Å². The van der Waals surface area contributed by atoms with Crippen molar-refractivity contribution in [2.75, 3.05) is 0 Å². The number of thiophene rings is 1. The van der Waals surface area contributed by atoms with Crippen molar-refractivity contribution in [1.82, 2.24) is 9.97 Å². The average Bonchev–Trinajstić information content (AvgIpc) is 2.66. The first-order chi connectivity index (χ1) is 7.07. The molecule has 0 fully saturated rings. The van der Waals surface area contributed by atoms with Crippen LogP contribution in [0.3, 0.4) is 0 Å². The van der Waals surface area contributed by atoms with Crippen molar-refractivity contribution >= 4 is 21.6 Å². The predicted octanol–water partition coefficient (Wildman–Crippen LogP) is 4.02. The molecule has 0 bridgehead atoms. The molecule has 2 rings (SSSR count). The highest BCUT2D eigenvalue weighted by molar-refractivity contribution is 7.17. The molecule has 3 heteroatoms. The molecule has 2 aromatic heterocycles. The summed E-state index contributed by atoms with van der Waals surface area (Å²) in [6, 6.07) is 2.04. The molecule has 82 valence electrons. The van der Waals surface area contributed by atoms with Crippen LogP contribution in [0, 0.1) is 0 Å². The molecule has 0 aliphatic heterocycles. The maximum absolute atomic E-state index is 4.51. The average molecular weight is 222 g/mol. The number of aromatic nitrogens is 2. The zero-order valence-electron chi connectivity index (χ0n) is 10.0. The summed E-state index contributed by atoms with van der Waals surface area (Å²) in [5, 5.41) is 2.05. The Labute approximate surface area is 95.4 Å². The second-order valence-corrected chi connectivity index (χ2v) is 5.06. The van der Waals surface area contributed by atoms with Crippen LogP contribution in [0.4, 0.5) is 0 Å². The number of rotatable bonds is 0. The first kappa shape index (κ1) is 12.1. The highest BCUT2D eigenvalue weighted by Gasteiger charge is 2.17. The second kappa shape index (κ2) is 4.71. The van der Waals surface area contributed by atoms with E-state index in [1.165, 1.54) is 0 Å². The van der Waals surface area contributed by atoms with Crippen molar-refractivity contribution in [2.45, 2.75) is 40.0 Å². The van der Waals surface area contributed by atoms with E-state index in [1.807, 2.05) is 31.5 Å². The molecule has 2 heterocycles. The van der Waals surface area contributed by atoms with Gasteiger partial charge in [-0.15, -0.1) is 11.3 Å². The van der Waals surface area contributed by atoms with Gasteiger partial charge in [-0.2, -0.15) is 0 Å². The van der Waals surface area contributed by atoms with Crippen LogP contribution in [0.2, 0.25) is 0 Å². The molecular formula is C12H18N2S. The monoisotopic (exact) mass is 222 g/mol. The minimum Gasteiger partial charge on any atom is -0.239 e. The largest absolute Gasteiger partial charge is 0.239 e. The lowest BCUT2D eigenvalue weighted by Crippen LogP contribution is -2.15. The van der Waals surface area contributed by atoms with E-state index in [1.54, 1.807) is 11.3 Å². The van der Waals surface area contributed by atoms with Crippen LogP contribution >= 0.6 is 11.3 Å². The molecular weight excluding hydrogens is 204 g/mol. The van der Waals surface area contributed by atoms with Crippen molar-refractivity contribution in [3.63, 3.8) is 0 Å². The van der Waals surface area contributed by atoms with Crippen LogP contribution in [-0.2, 0) is 5.41 Å². The predicted molar refractivity (Wildman–Crippen MR) is 67.5 cm³/mol. The summed E-state index contributed by atoms with van der Waals surface area (Å²) >= 11 is 1.68. The van der Waals surface area contributed by atoms with Crippen LogP contribution in [0.1, 0.15) is 40.4 Å². The lowest BCUT2D eigenvalue weighted by Gasteiger charge is -2.15. The number of nitrogens with zero attached hydrogens (tertiary/aromatic N) is 2. The smallest absolute Gasteiger partial charge is 0.134 e. The Morgan fingerprint density at radius 2 is 1.87 bits per heavy atom. The summed E-state index contributed by atoms with van der Waals surface area (Å²) < 4.78 is 1.16. The van der Waals surface area contributed by atoms with Gasteiger partial charge < -0.3 is 0 Å². The third-order valence-corrected chi connectivity index (χ3v) is 2.72. The summed E-state index contributed by atoms with van der Waals surface area (Å²) in [5.41, 5.74) is 1.10. The van der Waals surface area contributed by atoms with Gasteiger partial charge in [0.25, 0.3) is 0 Å². The summed E-state index contributed by atoms with van der Waals surface area (Å²) in [4.78, 5) is 8.86. The Hall–Kier alpha value is -0.960. The summed E-state index contributed by atoms with van der Waals surface area (Å²) in [5.74, 6) is 0.915. The van der Waals surface area contributed by atoms with Crippen LogP contribution in [0.25, 0.3) is 10.2 Å². The van der Waals surface area contributed by atoms with Crippen molar-refractivity contribution in [2.24, 2.45) is 0 Å². The molecule has 0 unspecified atom stereocenters. The van der Waals surface area contributed by atoms with E-state index in [4.69, 9.17) is 0 Å². The zero-order chi connectivity index (χ0) is 11.5. The molecule has 0 spiro atoms. The lowest BCUT2D eigenvalue weighted by molar-refractivity contribution is 0.548. The quantitative estimate of drug-likeness (QED) is 0.673. The molecule has 0 atom stereocenters. The molecule has 0 saturated heterocycles. The van der Waals surface area contributed by atoms with E-state index in [0.29, 0.717) is 0 Å². The molecule has 2 nitrogen and oxygen atoms in total. The molecule has 0 saturated carbocycles. The minimum absolute atomic E-state index is 0.0378. The van der Waals surface area contributed by atoms with E-state index in [-0.39, 0.29) is 5.41 Å². The molecule has 15 heavy (non-hydrogen) atoms. The summed E-state index contributed by atoms with van der Waals surface area (Å²) in [6.45, 7) is 10.4. The van der Waals surface area contributed by atoms with E-state index in [9.17, 15) is 0 Å². The fraction of sp³-hybridized carbons (Fsp3) is 0.500. The third-order valence-electron chi connectivity index (χ3n) is 1.87. The number of fused-ring (bicyclic) bond motifs is 1. The molecule has 0 amide bonds. The molecule has 0 aromatic carbocycles. The van der Waals surface area contributed by atoms with Crippen molar-refractivity contribution < 1.29 is 0 Å². The van der Waals surface area contributed by atoms with Crippen molar-refractivity contribution in [3.8, 4) is 0 Å². The maximum atomic E-state index is 4.51. The van der Waals surface area contributed by atoms with E-state index in [0.717, 1.165) is 16.0 Å². The second-order valence-electron chi connectivity index (χ2n) is 4.11. The Kier molecular flexibility index (Phi) is 3.80. The van der Waals surface area contributed by atoms with Gasteiger partial charge in [0.1, 0.15) is 5.82 Å². The highest BCUT2D eigenvalue weighted by atomic mass is 32.1. The number of hydrogen-bond donors (Lipinski definition) is 0. The fourth-order valence-electron chi connectivity index (χ4n) is 1.13. The minimum atomic E-state index is 0.0378. The van der Waals surface area contributed by atoms with Gasteiger partial charge in [0, 0.05) is 11.6 Å². The van der Waals surface area contributed by atoms with Crippen LogP contribution in [-0.4, -0.2) is 9.97 Å².